The number of piperazine rings is 1. The zero-order valence-electron chi connectivity index (χ0n) is 12.2. The molecule has 0 atom stereocenters. The van der Waals surface area contributed by atoms with Gasteiger partial charge in [-0.25, -0.2) is 9.37 Å². The van der Waals surface area contributed by atoms with E-state index in [0.717, 1.165) is 11.9 Å². The number of carbonyl (C=O) groups excluding carboxylic acids is 1. The van der Waals surface area contributed by atoms with Crippen LogP contribution >= 0.6 is 23.2 Å². The molecule has 1 amide bonds. The van der Waals surface area contributed by atoms with Crippen LogP contribution in [0.5, 0.6) is 0 Å². The van der Waals surface area contributed by atoms with Crippen LogP contribution in [0.2, 0.25) is 10.0 Å². The summed E-state index contributed by atoms with van der Waals surface area (Å²) in [5.41, 5.74) is 0.139. The van der Waals surface area contributed by atoms with Gasteiger partial charge < -0.3 is 9.80 Å². The number of pyridine rings is 1. The molecule has 1 aromatic carbocycles. The van der Waals surface area contributed by atoms with Gasteiger partial charge in [0.05, 0.1) is 15.6 Å². The molecule has 2 heterocycles. The van der Waals surface area contributed by atoms with Crippen LogP contribution in [-0.2, 0) is 0 Å². The van der Waals surface area contributed by atoms with Crippen LogP contribution < -0.4 is 4.90 Å². The second-order valence-electron chi connectivity index (χ2n) is 5.21. The summed E-state index contributed by atoms with van der Waals surface area (Å²) >= 11 is 11.7. The van der Waals surface area contributed by atoms with Gasteiger partial charge in [-0.15, -0.1) is 0 Å². The zero-order chi connectivity index (χ0) is 16.4. The lowest BCUT2D eigenvalue weighted by molar-refractivity contribution is 0.0746. The minimum atomic E-state index is -0.647. The number of amides is 1. The highest BCUT2D eigenvalue weighted by molar-refractivity contribution is 6.36. The van der Waals surface area contributed by atoms with E-state index in [9.17, 15) is 9.18 Å². The fraction of sp³-hybridized carbons (Fsp3) is 0.250. The van der Waals surface area contributed by atoms with Crippen molar-refractivity contribution in [1.82, 2.24) is 9.88 Å². The smallest absolute Gasteiger partial charge is 0.255 e. The summed E-state index contributed by atoms with van der Waals surface area (Å²) in [7, 11) is 0. The first kappa shape index (κ1) is 16.0. The van der Waals surface area contributed by atoms with Gasteiger partial charge in [0.25, 0.3) is 5.91 Å². The molecular weight excluding hydrogens is 340 g/mol. The third-order valence-electron chi connectivity index (χ3n) is 3.78. The van der Waals surface area contributed by atoms with Gasteiger partial charge in [0.1, 0.15) is 11.6 Å². The lowest BCUT2D eigenvalue weighted by Gasteiger charge is -2.35. The molecule has 2 aromatic rings. The maximum atomic E-state index is 13.6. The molecule has 7 heteroatoms. The molecule has 0 N–H and O–H groups in total. The third-order valence-corrected chi connectivity index (χ3v) is 4.38. The van der Waals surface area contributed by atoms with E-state index in [2.05, 4.69) is 9.88 Å². The Bertz CT molecular complexity index is 719. The van der Waals surface area contributed by atoms with Gasteiger partial charge >= 0.3 is 0 Å². The summed E-state index contributed by atoms with van der Waals surface area (Å²) in [6.07, 6.45) is 1.74. The highest BCUT2D eigenvalue weighted by Crippen LogP contribution is 2.26. The molecule has 1 aliphatic heterocycles. The van der Waals surface area contributed by atoms with Crippen LogP contribution in [0.15, 0.2) is 36.5 Å². The second kappa shape index (κ2) is 6.72. The lowest BCUT2D eigenvalue weighted by Crippen LogP contribution is -2.49. The Kier molecular flexibility index (Phi) is 4.68. The standard InChI is InChI=1S/C16H14Cl2FN3O/c17-12-10-13(18)14(19)9-11(12)16(23)22-7-5-21(6-8-22)15-3-1-2-4-20-15/h1-4,9-10H,5-8H2. The van der Waals surface area contributed by atoms with E-state index < -0.39 is 5.82 Å². The number of benzene rings is 1. The molecule has 4 nitrogen and oxygen atoms in total. The van der Waals surface area contributed by atoms with Crippen LogP contribution in [0, 0.1) is 5.82 Å². The minimum Gasteiger partial charge on any atom is -0.353 e. The Balaban J connectivity index is 1.70. The van der Waals surface area contributed by atoms with E-state index in [1.54, 1.807) is 11.1 Å². The van der Waals surface area contributed by atoms with E-state index in [0.29, 0.717) is 26.2 Å². The van der Waals surface area contributed by atoms with E-state index in [-0.39, 0.29) is 21.5 Å². The third kappa shape index (κ3) is 3.41. The molecule has 0 saturated carbocycles. The largest absolute Gasteiger partial charge is 0.353 e. The molecule has 0 bridgehead atoms. The number of hydrogen-bond donors (Lipinski definition) is 0. The van der Waals surface area contributed by atoms with Gasteiger partial charge in [0, 0.05) is 32.4 Å². The van der Waals surface area contributed by atoms with Crippen LogP contribution in [0.3, 0.4) is 0 Å². The molecule has 23 heavy (non-hydrogen) atoms. The zero-order valence-corrected chi connectivity index (χ0v) is 13.7. The van der Waals surface area contributed by atoms with Crippen molar-refractivity contribution in [2.45, 2.75) is 0 Å². The molecular formula is C16H14Cl2FN3O. The number of nitrogens with zero attached hydrogens (tertiary/aromatic N) is 3. The summed E-state index contributed by atoms with van der Waals surface area (Å²) in [5, 5.41) is 0.0695. The molecule has 0 spiro atoms. The Hall–Kier alpha value is -1.85. The van der Waals surface area contributed by atoms with Crippen molar-refractivity contribution in [1.29, 1.82) is 0 Å². The normalized spacial score (nSPS) is 14.9. The maximum absolute atomic E-state index is 13.6. The Morgan fingerprint density at radius 2 is 1.83 bits per heavy atom. The number of carbonyl (C=O) groups is 1. The lowest BCUT2D eigenvalue weighted by atomic mass is 10.1. The average molecular weight is 354 g/mol. The second-order valence-corrected chi connectivity index (χ2v) is 6.03. The SMILES string of the molecule is O=C(c1cc(F)c(Cl)cc1Cl)N1CCN(c2ccccn2)CC1. The van der Waals surface area contributed by atoms with Crippen molar-refractivity contribution in [2.75, 3.05) is 31.1 Å². The van der Waals surface area contributed by atoms with Crippen molar-refractivity contribution in [2.24, 2.45) is 0 Å². The first-order valence-electron chi connectivity index (χ1n) is 7.16. The van der Waals surface area contributed by atoms with Crippen molar-refractivity contribution in [3.05, 3.63) is 58.0 Å². The van der Waals surface area contributed by atoms with Gasteiger partial charge in [0.15, 0.2) is 0 Å². The van der Waals surface area contributed by atoms with E-state index >= 15 is 0 Å². The number of hydrogen-bond acceptors (Lipinski definition) is 3. The van der Waals surface area contributed by atoms with Crippen molar-refractivity contribution < 1.29 is 9.18 Å². The minimum absolute atomic E-state index is 0.0912. The topological polar surface area (TPSA) is 36.4 Å². The number of rotatable bonds is 2. The summed E-state index contributed by atoms with van der Waals surface area (Å²) in [6.45, 7) is 2.37. The number of anilines is 1. The highest BCUT2D eigenvalue weighted by Gasteiger charge is 2.25. The van der Waals surface area contributed by atoms with E-state index in [1.165, 1.54) is 6.07 Å². The fourth-order valence-corrected chi connectivity index (χ4v) is 3.00. The summed E-state index contributed by atoms with van der Waals surface area (Å²) in [4.78, 5) is 20.6. The monoisotopic (exact) mass is 353 g/mol. The van der Waals surface area contributed by atoms with Gasteiger partial charge in [0.2, 0.25) is 0 Å². The predicted molar refractivity (Wildman–Crippen MR) is 88.8 cm³/mol. The van der Waals surface area contributed by atoms with Crippen molar-refractivity contribution in [3.8, 4) is 0 Å². The molecule has 1 saturated heterocycles. The fourth-order valence-electron chi connectivity index (χ4n) is 2.54. The number of aromatic nitrogens is 1. The van der Waals surface area contributed by atoms with Gasteiger partial charge in [-0.05, 0) is 24.3 Å². The van der Waals surface area contributed by atoms with Crippen LogP contribution in [-0.4, -0.2) is 42.0 Å². The Labute approximate surface area is 143 Å². The first-order valence-corrected chi connectivity index (χ1v) is 7.91. The van der Waals surface area contributed by atoms with E-state index in [1.807, 2.05) is 18.2 Å². The molecule has 1 aliphatic rings. The van der Waals surface area contributed by atoms with Gasteiger partial charge in [-0.1, -0.05) is 29.3 Å². The molecule has 0 aliphatic carbocycles. The molecule has 120 valence electrons. The summed E-state index contributed by atoms with van der Waals surface area (Å²) in [5.74, 6) is -0.0482. The molecule has 0 unspecified atom stereocenters. The highest BCUT2D eigenvalue weighted by atomic mass is 35.5. The molecule has 3 rings (SSSR count). The van der Waals surface area contributed by atoms with Crippen LogP contribution in [0.1, 0.15) is 10.4 Å². The Morgan fingerprint density at radius 3 is 2.48 bits per heavy atom. The quantitative estimate of drug-likeness (QED) is 0.775. The van der Waals surface area contributed by atoms with Crippen LogP contribution in [0.4, 0.5) is 10.2 Å². The van der Waals surface area contributed by atoms with E-state index in [4.69, 9.17) is 23.2 Å². The number of halogens is 3. The summed E-state index contributed by atoms with van der Waals surface area (Å²) in [6, 6.07) is 8.08. The van der Waals surface area contributed by atoms with Gasteiger partial charge in [-0.3, -0.25) is 4.79 Å². The first-order chi connectivity index (χ1) is 11.1. The maximum Gasteiger partial charge on any atom is 0.255 e. The molecule has 0 radical (unpaired) electrons. The summed E-state index contributed by atoms with van der Waals surface area (Å²) < 4.78 is 13.6. The Morgan fingerprint density at radius 1 is 1.09 bits per heavy atom. The average Bonchev–Trinajstić information content (AvgIpc) is 2.58. The molecule has 1 aromatic heterocycles. The predicted octanol–water partition coefficient (Wildman–Crippen LogP) is 3.49. The van der Waals surface area contributed by atoms with Gasteiger partial charge in [-0.2, -0.15) is 0 Å². The van der Waals surface area contributed by atoms with Crippen LogP contribution in [0.25, 0.3) is 0 Å². The molecule has 1 fully saturated rings. The van der Waals surface area contributed by atoms with Crippen molar-refractivity contribution in [3.63, 3.8) is 0 Å². The van der Waals surface area contributed by atoms with Crippen molar-refractivity contribution >= 4 is 34.9 Å².